The van der Waals surface area contributed by atoms with Gasteiger partial charge in [0.2, 0.25) is 0 Å². The Hall–Kier alpha value is -2.78. The molecule has 2 aromatic rings. The van der Waals surface area contributed by atoms with E-state index in [1.54, 1.807) is 31.2 Å². The second-order valence-corrected chi connectivity index (χ2v) is 8.77. The van der Waals surface area contributed by atoms with Crippen LogP contribution in [0.1, 0.15) is 62.7 Å². The fourth-order valence-electron chi connectivity index (χ4n) is 5.04. The molecule has 0 spiro atoms. The van der Waals surface area contributed by atoms with Gasteiger partial charge in [-0.1, -0.05) is 24.3 Å². The van der Waals surface area contributed by atoms with E-state index < -0.39 is 36.1 Å². The molecule has 1 heterocycles. The number of carbonyl (C=O) groups excluding carboxylic acids is 2. The van der Waals surface area contributed by atoms with E-state index in [0.29, 0.717) is 30.4 Å². The molecule has 168 valence electrons. The van der Waals surface area contributed by atoms with Gasteiger partial charge in [-0.05, 0) is 19.8 Å². The Labute approximate surface area is 184 Å². The first kappa shape index (κ1) is 21.1. The molecule has 0 saturated carbocycles. The topological polar surface area (TPSA) is 139 Å². The van der Waals surface area contributed by atoms with Crippen LogP contribution in [-0.4, -0.2) is 57.5 Å². The first-order valence-electron chi connectivity index (χ1n) is 10.8. The van der Waals surface area contributed by atoms with Crippen LogP contribution in [0.2, 0.25) is 0 Å². The van der Waals surface area contributed by atoms with Crippen molar-refractivity contribution in [1.29, 1.82) is 0 Å². The lowest BCUT2D eigenvalue weighted by Crippen LogP contribution is -2.52. The summed E-state index contributed by atoms with van der Waals surface area (Å²) in [7, 11) is 0. The summed E-state index contributed by atoms with van der Waals surface area (Å²) in [4.78, 5) is 26.1. The quantitative estimate of drug-likeness (QED) is 0.441. The van der Waals surface area contributed by atoms with Crippen LogP contribution in [0.5, 0.6) is 11.5 Å². The summed E-state index contributed by atoms with van der Waals surface area (Å²) in [5.74, 6) is -1.48. The number of hydrogen-bond acceptors (Lipinski definition) is 8. The van der Waals surface area contributed by atoms with Crippen LogP contribution in [0, 0.1) is 0 Å². The van der Waals surface area contributed by atoms with E-state index >= 15 is 0 Å². The molecule has 1 saturated heterocycles. The summed E-state index contributed by atoms with van der Waals surface area (Å²) in [6.07, 6.45) is -0.688. The number of aromatic hydroxyl groups is 2. The number of phenolic OH excluding ortho intramolecular Hbond substituents is 2. The van der Waals surface area contributed by atoms with E-state index in [0.717, 1.165) is 0 Å². The summed E-state index contributed by atoms with van der Waals surface area (Å²) in [6.45, 7) is 1.73. The van der Waals surface area contributed by atoms with Crippen LogP contribution >= 0.6 is 0 Å². The largest absolute Gasteiger partial charge is 0.507 e. The standard InChI is InChI=1S/C24H25NO7/c1-10-20(26)16(25)9-17(31-10)32-11-6-7-14-15(8-11)24(30)19-18(23(14)29)21(27)12-4-2-3-5-13(12)22(19)28/h2-5,10-11,16-17,20,26,29-30H,6-9,25H2,1H3. The van der Waals surface area contributed by atoms with Crippen molar-refractivity contribution in [1.82, 2.24) is 0 Å². The highest BCUT2D eigenvalue weighted by molar-refractivity contribution is 6.30. The molecule has 5 rings (SSSR count). The molecule has 1 aliphatic heterocycles. The van der Waals surface area contributed by atoms with Crippen molar-refractivity contribution in [2.24, 2.45) is 5.73 Å². The monoisotopic (exact) mass is 439 g/mol. The maximum absolute atomic E-state index is 13.1. The molecular formula is C24H25NO7. The van der Waals surface area contributed by atoms with Gasteiger partial charge in [-0.2, -0.15) is 0 Å². The van der Waals surface area contributed by atoms with Gasteiger partial charge in [-0.3, -0.25) is 9.59 Å². The third-order valence-corrected chi connectivity index (χ3v) is 6.77. The van der Waals surface area contributed by atoms with Crippen molar-refractivity contribution in [3.8, 4) is 11.5 Å². The molecule has 1 fully saturated rings. The van der Waals surface area contributed by atoms with Crippen molar-refractivity contribution in [3.63, 3.8) is 0 Å². The van der Waals surface area contributed by atoms with Gasteiger partial charge in [0.15, 0.2) is 17.9 Å². The maximum Gasteiger partial charge on any atom is 0.198 e. The Morgan fingerprint density at radius 1 is 1.03 bits per heavy atom. The lowest BCUT2D eigenvalue weighted by Gasteiger charge is -2.38. The van der Waals surface area contributed by atoms with E-state index in [9.17, 15) is 24.9 Å². The average Bonchev–Trinajstić information content (AvgIpc) is 2.78. The SMILES string of the molecule is CC1OC(OC2CCc3c(O)c4c(c(O)c3C2)C(=O)c2ccccc2C4=O)CC(N)C1O. The van der Waals surface area contributed by atoms with Gasteiger partial charge in [0.1, 0.15) is 11.5 Å². The predicted molar refractivity (Wildman–Crippen MR) is 113 cm³/mol. The maximum atomic E-state index is 13.1. The Bertz CT molecular complexity index is 1120. The van der Waals surface area contributed by atoms with Gasteiger partial charge in [0.05, 0.1) is 29.4 Å². The lowest BCUT2D eigenvalue weighted by atomic mass is 9.77. The van der Waals surface area contributed by atoms with Crippen LogP contribution in [0.3, 0.4) is 0 Å². The lowest BCUT2D eigenvalue weighted by molar-refractivity contribution is -0.239. The number of aliphatic hydroxyl groups is 1. The third-order valence-electron chi connectivity index (χ3n) is 6.77. The molecule has 8 nitrogen and oxygen atoms in total. The van der Waals surface area contributed by atoms with E-state index in [4.69, 9.17) is 15.2 Å². The van der Waals surface area contributed by atoms with Crippen molar-refractivity contribution in [3.05, 3.63) is 57.6 Å². The third kappa shape index (κ3) is 3.14. The Morgan fingerprint density at radius 2 is 1.62 bits per heavy atom. The van der Waals surface area contributed by atoms with Gasteiger partial charge >= 0.3 is 0 Å². The molecular weight excluding hydrogens is 414 g/mol. The van der Waals surface area contributed by atoms with Crippen LogP contribution < -0.4 is 5.73 Å². The number of phenols is 2. The molecule has 2 aromatic carbocycles. The molecule has 5 unspecified atom stereocenters. The van der Waals surface area contributed by atoms with Crippen molar-refractivity contribution < 1.29 is 34.4 Å². The van der Waals surface area contributed by atoms with Gasteiger partial charge in [-0.15, -0.1) is 0 Å². The van der Waals surface area contributed by atoms with E-state index in [1.807, 2.05) is 0 Å². The number of fused-ring (bicyclic) bond motifs is 3. The zero-order chi connectivity index (χ0) is 22.7. The number of ether oxygens (including phenoxy) is 2. The second kappa shape index (κ2) is 7.67. The van der Waals surface area contributed by atoms with Crippen molar-refractivity contribution >= 4 is 11.6 Å². The Kier molecular flexibility index (Phi) is 5.05. The summed E-state index contributed by atoms with van der Waals surface area (Å²) < 4.78 is 11.8. The van der Waals surface area contributed by atoms with Gasteiger partial charge in [0.25, 0.3) is 0 Å². The summed E-state index contributed by atoms with van der Waals surface area (Å²) in [5.41, 5.74) is 6.99. The molecule has 3 aliphatic rings. The molecule has 8 heteroatoms. The normalized spacial score (nSPS) is 29.3. The summed E-state index contributed by atoms with van der Waals surface area (Å²) >= 11 is 0. The minimum Gasteiger partial charge on any atom is -0.507 e. The number of rotatable bonds is 2. The highest BCUT2D eigenvalue weighted by Gasteiger charge is 2.40. The van der Waals surface area contributed by atoms with Crippen LogP contribution in [0.15, 0.2) is 24.3 Å². The average molecular weight is 439 g/mol. The number of nitrogens with two attached hydrogens (primary N) is 1. The number of hydrogen-bond donors (Lipinski definition) is 4. The number of ketones is 2. The smallest absolute Gasteiger partial charge is 0.198 e. The van der Waals surface area contributed by atoms with E-state index in [1.165, 1.54) is 0 Å². The molecule has 0 radical (unpaired) electrons. The molecule has 0 amide bonds. The second-order valence-electron chi connectivity index (χ2n) is 8.77. The highest BCUT2D eigenvalue weighted by atomic mass is 16.7. The zero-order valence-electron chi connectivity index (χ0n) is 17.6. The minimum atomic E-state index is -0.763. The molecule has 32 heavy (non-hydrogen) atoms. The van der Waals surface area contributed by atoms with Gasteiger partial charge < -0.3 is 30.5 Å². The molecule has 5 atom stereocenters. The fraction of sp³-hybridized carbons (Fsp3) is 0.417. The van der Waals surface area contributed by atoms with Crippen LogP contribution in [0.4, 0.5) is 0 Å². The van der Waals surface area contributed by atoms with Crippen LogP contribution in [-0.2, 0) is 22.3 Å². The van der Waals surface area contributed by atoms with Crippen molar-refractivity contribution in [2.75, 3.05) is 0 Å². The summed E-state index contributed by atoms with van der Waals surface area (Å²) in [5, 5.41) is 31.9. The molecule has 0 aromatic heterocycles. The van der Waals surface area contributed by atoms with E-state index in [2.05, 4.69) is 0 Å². The Morgan fingerprint density at radius 3 is 2.22 bits per heavy atom. The molecule has 0 bridgehead atoms. The zero-order valence-corrected chi connectivity index (χ0v) is 17.6. The predicted octanol–water partition coefficient (Wildman–Crippen LogP) is 1.57. The first-order chi connectivity index (χ1) is 15.3. The number of carbonyl (C=O) groups is 2. The van der Waals surface area contributed by atoms with Gasteiger partial charge in [0, 0.05) is 41.1 Å². The van der Waals surface area contributed by atoms with E-state index in [-0.39, 0.29) is 46.3 Å². The number of aliphatic hydroxyl groups excluding tert-OH is 1. The summed E-state index contributed by atoms with van der Waals surface area (Å²) in [6, 6.07) is 5.93. The van der Waals surface area contributed by atoms with Crippen molar-refractivity contribution in [2.45, 2.75) is 63.3 Å². The molecule has 5 N–H and O–H groups in total. The Balaban J connectivity index is 1.47. The minimum absolute atomic E-state index is 0.131. The fourth-order valence-corrected chi connectivity index (χ4v) is 5.04. The molecule has 2 aliphatic carbocycles. The first-order valence-corrected chi connectivity index (χ1v) is 10.8. The number of benzene rings is 2. The van der Waals surface area contributed by atoms with Gasteiger partial charge in [-0.25, -0.2) is 0 Å². The highest BCUT2D eigenvalue weighted by Crippen LogP contribution is 2.46. The van der Waals surface area contributed by atoms with Crippen LogP contribution in [0.25, 0.3) is 0 Å².